The minimum atomic E-state index is -1.17. The van der Waals surface area contributed by atoms with E-state index in [0.29, 0.717) is 42.1 Å². The lowest BCUT2D eigenvalue weighted by molar-refractivity contribution is -0.151. The van der Waals surface area contributed by atoms with Crippen LogP contribution in [0.2, 0.25) is 5.02 Å². The number of fused-ring (bicyclic) bond motifs is 2. The van der Waals surface area contributed by atoms with E-state index in [-0.39, 0.29) is 24.0 Å². The molecule has 4 rings (SSSR count). The van der Waals surface area contributed by atoms with E-state index in [4.69, 9.17) is 21.1 Å². The molecule has 3 amide bonds. The number of halogens is 1. The predicted octanol–water partition coefficient (Wildman–Crippen LogP) is 5.41. The van der Waals surface area contributed by atoms with E-state index in [0.717, 1.165) is 45.3 Å². The minimum absolute atomic E-state index is 0.0102. The Morgan fingerprint density at radius 2 is 1.84 bits per heavy atom. The molecule has 1 atom stereocenters. The Kier molecular flexibility index (Phi) is 9.24. The van der Waals surface area contributed by atoms with Crippen molar-refractivity contribution >= 4 is 29.5 Å². The summed E-state index contributed by atoms with van der Waals surface area (Å²) in [6, 6.07) is 4.83. The summed E-state index contributed by atoms with van der Waals surface area (Å²) >= 11 is 6.25. The lowest BCUT2D eigenvalue weighted by Crippen LogP contribution is -2.53. The average molecular weight is 548 g/mol. The smallest absolute Gasteiger partial charge is 0.325 e. The van der Waals surface area contributed by atoms with Gasteiger partial charge in [-0.3, -0.25) is 14.5 Å². The molecule has 38 heavy (non-hydrogen) atoms. The first-order valence-corrected chi connectivity index (χ1v) is 14.6. The number of nitrogens with one attached hydrogen (secondary N) is 1. The van der Waals surface area contributed by atoms with Gasteiger partial charge in [-0.1, -0.05) is 44.2 Å². The highest BCUT2D eigenvalue weighted by Gasteiger charge is 2.58. The Bertz CT molecular complexity index is 1020. The maximum absolute atomic E-state index is 13.7. The monoisotopic (exact) mass is 547 g/mol. The highest BCUT2D eigenvalue weighted by molar-refractivity contribution is 6.30. The first kappa shape index (κ1) is 28.7. The van der Waals surface area contributed by atoms with Crippen molar-refractivity contribution in [3.8, 4) is 5.75 Å². The third-order valence-electron chi connectivity index (χ3n) is 7.83. The number of likely N-dealkylation sites (tertiary alicyclic amines) is 1. The molecule has 2 fully saturated rings. The van der Waals surface area contributed by atoms with Crippen LogP contribution in [-0.4, -0.2) is 65.6 Å². The zero-order chi connectivity index (χ0) is 27.3. The van der Waals surface area contributed by atoms with E-state index in [9.17, 15) is 14.4 Å². The molecule has 3 aliphatic rings. The predicted molar refractivity (Wildman–Crippen MR) is 146 cm³/mol. The normalized spacial score (nSPS) is 23.3. The molecule has 0 aromatic heterocycles. The second kappa shape index (κ2) is 12.2. The maximum Gasteiger partial charge on any atom is 0.325 e. The number of hydrogen-bond acceptors (Lipinski definition) is 6. The van der Waals surface area contributed by atoms with Crippen LogP contribution in [0, 0.1) is 0 Å². The van der Waals surface area contributed by atoms with Crippen molar-refractivity contribution in [1.29, 1.82) is 0 Å². The number of benzene rings is 1. The van der Waals surface area contributed by atoms with Crippen molar-refractivity contribution in [3.63, 3.8) is 0 Å². The van der Waals surface area contributed by atoms with Crippen molar-refractivity contribution in [2.45, 2.75) is 102 Å². The molecule has 3 aliphatic heterocycles. The van der Waals surface area contributed by atoms with Crippen LogP contribution in [0.25, 0.3) is 0 Å². The van der Waals surface area contributed by atoms with E-state index < -0.39 is 11.1 Å². The molecule has 0 saturated carbocycles. The fourth-order valence-electron chi connectivity index (χ4n) is 5.94. The second-order valence-electron chi connectivity index (χ2n) is 11.5. The van der Waals surface area contributed by atoms with Gasteiger partial charge >= 0.3 is 12.0 Å². The number of imide groups is 1. The Morgan fingerprint density at radius 1 is 1.11 bits per heavy atom. The molecule has 0 bridgehead atoms. The first-order valence-electron chi connectivity index (χ1n) is 14.2. The van der Waals surface area contributed by atoms with Gasteiger partial charge in [-0.25, -0.2) is 4.79 Å². The molecule has 1 spiro atoms. The van der Waals surface area contributed by atoms with E-state index >= 15 is 0 Å². The molecular formula is C29H42ClN3O5. The number of esters is 1. The Balaban J connectivity index is 1.24. The van der Waals surface area contributed by atoms with Crippen molar-refractivity contribution in [1.82, 2.24) is 15.1 Å². The van der Waals surface area contributed by atoms with Crippen LogP contribution in [0.4, 0.5) is 4.79 Å². The summed E-state index contributed by atoms with van der Waals surface area (Å²) in [6.45, 7) is 8.83. The highest BCUT2D eigenvalue weighted by atomic mass is 35.5. The van der Waals surface area contributed by atoms with E-state index in [1.165, 1.54) is 24.2 Å². The SMILES string of the molecule is CCCCCCCC(=O)OC1CCN(CCCN2C(=O)NC3(CC(C)(C)Oc4ccc(Cl)cc43)C2=O)CC1. The van der Waals surface area contributed by atoms with Gasteiger partial charge in [0.05, 0.1) is 0 Å². The molecule has 0 aliphatic carbocycles. The number of unbranched alkanes of at least 4 members (excludes halogenated alkanes) is 4. The van der Waals surface area contributed by atoms with Gasteiger partial charge in [-0.15, -0.1) is 0 Å². The summed E-state index contributed by atoms with van der Waals surface area (Å²) in [6.07, 6.45) is 8.75. The molecular weight excluding hydrogens is 506 g/mol. The summed E-state index contributed by atoms with van der Waals surface area (Å²) in [5.74, 6) is 0.246. The van der Waals surface area contributed by atoms with Crippen LogP contribution in [0.3, 0.4) is 0 Å². The number of carbonyl (C=O) groups is 3. The van der Waals surface area contributed by atoms with Crippen LogP contribution in [0.5, 0.6) is 5.75 Å². The molecule has 1 aromatic rings. The zero-order valence-corrected chi connectivity index (χ0v) is 23.8. The van der Waals surface area contributed by atoms with Gasteiger partial charge in [0, 0.05) is 43.1 Å². The summed E-state index contributed by atoms with van der Waals surface area (Å²) < 4.78 is 11.8. The number of hydrogen-bond donors (Lipinski definition) is 1. The third kappa shape index (κ3) is 6.63. The zero-order valence-electron chi connectivity index (χ0n) is 23.0. The first-order chi connectivity index (χ1) is 18.1. The summed E-state index contributed by atoms with van der Waals surface area (Å²) in [4.78, 5) is 42.5. The van der Waals surface area contributed by atoms with Gasteiger partial charge in [0.25, 0.3) is 5.91 Å². The molecule has 1 unspecified atom stereocenters. The van der Waals surface area contributed by atoms with Crippen molar-refractivity contribution in [2.75, 3.05) is 26.2 Å². The number of piperidine rings is 1. The van der Waals surface area contributed by atoms with Crippen LogP contribution in [-0.2, 0) is 19.9 Å². The standard InChI is InChI=1S/C29H42ClN3O5/c1-4-5-6-7-8-10-25(34)37-22-13-17-32(18-14-22)15-9-16-33-26(35)29(31-27(33)36)20-28(2,3)38-24-12-11-21(30)19-23(24)29/h11-12,19,22H,4-10,13-18,20H2,1-3H3,(H,31,36). The Labute approximate surface area is 231 Å². The van der Waals surface area contributed by atoms with E-state index in [2.05, 4.69) is 17.1 Å². The summed E-state index contributed by atoms with van der Waals surface area (Å²) in [5, 5.41) is 3.48. The molecule has 9 heteroatoms. The third-order valence-corrected chi connectivity index (χ3v) is 8.06. The molecule has 8 nitrogen and oxygen atoms in total. The minimum Gasteiger partial charge on any atom is -0.487 e. The summed E-state index contributed by atoms with van der Waals surface area (Å²) in [5.41, 5.74) is -1.18. The molecule has 0 radical (unpaired) electrons. The topological polar surface area (TPSA) is 88.2 Å². The van der Waals surface area contributed by atoms with Crippen LogP contribution in [0.15, 0.2) is 18.2 Å². The van der Waals surface area contributed by atoms with Crippen molar-refractivity contribution < 1.29 is 23.9 Å². The van der Waals surface area contributed by atoms with Crippen molar-refractivity contribution in [3.05, 3.63) is 28.8 Å². The fraction of sp³-hybridized carbons (Fsp3) is 0.690. The fourth-order valence-corrected chi connectivity index (χ4v) is 6.12. The number of nitrogens with zero attached hydrogens (tertiary/aromatic N) is 2. The average Bonchev–Trinajstić information content (AvgIpc) is 3.09. The van der Waals surface area contributed by atoms with Gasteiger partial charge < -0.3 is 19.7 Å². The number of carbonyl (C=O) groups excluding carboxylic acids is 3. The quantitative estimate of drug-likeness (QED) is 0.226. The number of rotatable bonds is 11. The molecule has 1 N–H and O–H groups in total. The van der Waals surface area contributed by atoms with E-state index in [1.54, 1.807) is 18.2 Å². The lowest BCUT2D eigenvalue weighted by atomic mass is 9.77. The molecule has 3 heterocycles. The number of ether oxygens (including phenoxy) is 2. The van der Waals surface area contributed by atoms with Gasteiger partial charge in [0.2, 0.25) is 0 Å². The van der Waals surface area contributed by atoms with Gasteiger partial charge in [-0.2, -0.15) is 0 Å². The molecule has 210 valence electrons. The van der Waals surface area contributed by atoms with Crippen molar-refractivity contribution in [2.24, 2.45) is 0 Å². The molecule has 2 saturated heterocycles. The Hall–Kier alpha value is -2.32. The number of amides is 3. The second-order valence-corrected chi connectivity index (χ2v) is 12.0. The van der Waals surface area contributed by atoms with Crippen LogP contribution < -0.4 is 10.1 Å². The van der Waals surface area contributed by atoms with E-state index in [1.807, 2.05) is 13.8 Å². The Morgan fingerprint density at radius 3 is 2.58 bits per heavy atom. The van der Waals surface area contributed by atoms with Gasteiger partial charge in [0.1, 0.15) is 17.5 Å². The van der Waals surface area contributed by atoms with Crippen LogP contribution in [0.1, 0.15) is 90.5 Å². The lowest BCUT2D eigenvalue weighted by Gasteiger charge is -2.42. The van der Waals surface area contributed by atoms with Crippen LogP contribution >= 0.6 is 11.6 Å². The summed E-state index contributed by atoms with van der Waals surface area (Å²) in [7, 11) is 0. The maximum atomic E-state index is 13.7. The van der Waals surface area contributed by atoms with Gasteiger partial charge in [-0.05, 0) is 64.3 Å². The number of urea groups is 1. The van der Waals surface area contributed by atoms with Gasteiger partial charge in [0.15, 0.2) is 5.54 Å². The molecule has 1 aromatic carbocycles. The largest absolute Gasteiger partial charge is 0.487 e. The highest BCUT2D eigenvalue weighted by Crippen LogP contribution is 2.47.